The average Bonchev–Trinajstić information content (AvgIpc) is 2.97. The van der Waals surface area contributed by atoms with Gasteiger partial charge in [-0.15, -0.1) is 0 Å². The smallest absolute Gasteiger partial charge is 0.248 e. The van der Waals surface area contributed by atoms with Crippen LogP contribution in [0.25, 0.3) is 5.69 Å². The number of nitrogens with zero attached hydrogens (tertiary/aromatic N) is 4. The third-order valence-electron chi connectivity index (χ3n) is 3.12. The van der Waals surface area contributed by atoms with Gasteiger partial charge in [-0.05, 0) is 35.0 Å². The van der Waals surface area contributed by atoms with Crippen LogP contribution in [-0.2, 0) is 0 Å². The van der Waals surface area contributed by atoms with Crippen LogP contribution in [-0.4, -0.2) is 20.2 Å². The molecule has 0 spiro atoms. The van der Waals surface area contributed by atoms with Crippen LogP contribution < -0.4 is 5.32 Å². The van der Waals surface area contributed by atoms with E-state index in [4.69, 9.17) is 0 Å². The van der Waals surface area contributed by atoms with E-state index in [1.165, 1.54) is 5.56 Å². The van der Waals surface area contributed by atoms with Gasteiger partial charge in [0.15, 0.2) is 0 Å². The fourth-order valence-corrected chi connectivity index (χ4v) is 2.04. The van der Waals surface area contributed by atoms with Crippen LogP contribution in [0.3, 0.4) is 0 Å². The highest BCUT2D eigenvalue weighted by atomic mass is 15.6. The quantitative estimate of drug-likeness (QED) is 0.788. The Morgan fingerprint density at radius 2 is 1.60 bits per heavy atom. The van der Waals surface area contributed by atoms with Gasteiger partial charge in [-0.25, -0.2) is 0 Å². The van der Waals surface area contributed by atoms with Gasteiger partial charge in [0.2, 0.25) is 5.95 Å². The summed E-state index contributed by atoms with van der Waals surface area (Å²) in [6.07, 6.45) is 0. The van der Waals surface area contributed by atoms with Crippen molar-refractivity contribution in [2.45, 2.75) is 13.0 Å². The van der Waals surface area contributed by atoms with Crippen LogP contribution >= 0.6 is 0 Å². The zero-order chi connectivity index (χ0) is 13.8. The second kappa shape index (κ2) is 5.52. The van der Waals surface area contributed by atoms with E-state index in [2.05, 4.69) is 39.9 Å². The van der Waals surface area contributed by atoms with Gasteiger partial charge in [0.1, 0.15) is 0 Å². The molecule has 1 unspecified atom stereocenters. The summed E-state index contributed by atoms with van der Waals surface area (Å²) in [5.74, 6) is 0.632. The lowest BCUT2D eigenvalue weighted by Crippen LogP contribution is -2.11. The maximum atomic E-state index is 4.05. The molecule has 5 nitrogen and oxygen atoms in total. The molecule has 0 aliphatic carbocycles. The summed E-state index contributed by atoms with van der Waals surface area (Å²) in [5.41, 5.74) is 2.12. The molecular formula is C15H15N5. The first-order valence-electron chi connectivity index (χ1n) is 6.50. The van der Waals surface area contributed by atoms with Gasteiger partial charge in [0, 0.05) is 0 Å². The lowest BCUT2D eigenvalue weighted by atomic mass is 10.1. The Balaban J connectivity index is 1.84. The minimum atomic E-state index is 0.129. The summed E-state index contributed by atoms with van der Waals surface area (Å²) < 4.78 is 1.69. The van der Waals surface area contributed by atoms with Crippen molar-refractivity contribution in [3.63, 3.8) is 0 Å². The van der Waals surface area contributed by atoms with Gasteiger partial charge in [0.05, 0.1) is 11.7 Å². The molecule has 0 aliphatic rings. The molecule has 0 saturated heterocycles. The Morgan fingerprint density at radius 3 is 2.30 bits per heavy atom. The molecule has 0 saturated carbocycles. The topological polar surface area (TPSA) is 55.6 Å². The average molecular weight is 265 g/mol. The molecule has 1 aromatic heterocycles. The number of aromatic nitrogens is 4. The summed E-state index contributed by atoms with van der Waals surface area (Å²) in [7, 11) is 0. The minimum absolute atomic E-state index is 0.129. The number of anilines is 1. The van der Waals surface area contributed by atoms with Gasteiger partial charge in [-0.1, -0.05) is 53.6 Å². The number of para-hydroxylation sites is 1. The first-order valence-corrected chi connectivity index (χ1v) is 6.50. The maximum absolute atomic E-state index is 4.05. The molecule has 100 valence electrons. The second-order valence-corrected chi connectivity index (χ2v) is 4.53. The molecule has 0 fully saturated rings. The predicted molar refractivity (Wildman–Crippen MR) is 77.6 cm³/mol. The van der Waals surface area contributed by atoms with Crippen molar-refractivity contribution in [1.29, 1.82) is 0 Å². The third-order valence-corrected chi connectivity index (χ3v) is 3.12. The molecule has 2 aromatic carbocycles. The first-order chi connectivity index (χ1) is 9.84. The van der Waals surface area contributed by atoms with Crippen LogP contribution in [0.5, 0.6) is 0 Å². The lowest BCUT2D eigenvalue weighted by Gasteiger charge is -2.14. The second-order valence-electron chi connectivity index (χ2n) is 4.53. The Morgan fingerprint density at radius 1 is 0.950 bits per heavy atom. The van der Waals surface area contributed by atoms with E-state index in [9.17, 15) is 0 Å². The number of hydrogen-bond donors (Lipinski definition) is 1. The summed E-state index contributed by atoms with van der Waals surface area (Å²) in [5, 5.41) is 15.2. The molecule has 1 N–H and O–H groups in total. The lowest BCUT2D eigenvalue weighted by molar-refractivity contribution is 0.780. The van der Waals surface area contributed by atoms with Crippen molar-refractivity contribution < 1.29 is 0 Å². The predicted octanol–water partition coefficient (Wildman–Crippen LogP) is 2.84. The van der Waals surface area contributed by atoms with E-state index < -0.39 is 0 Å². The zero-order valence-electron chi connectivity index (χ0n) is 11.1. The van der Waals surface area contributed by atoms with Crippen LogP contribution in [0.4, 0.5) is 5.95 Å². The molecule has 0 bridgehead atoms. The van der Waals surface area contributed by atoms with E-state index in [0.29, 0.717) is 5.95 Å². The Bertz CT molecular complexity index is 663. The standard InChI is InChI=1S/C15H15N5/c1-12(13-8-4-2-5-9-13)16-15-17-18-19-20(15)14-10-6-3-7-11-14/h2-12H,1H3,(H,16,17,19). The summed E-state index contributed by atoms with van der Waals surface area (Å²) in [6.45, 7) is 2.08. The minimum Gasteiger partial charge on any atom is -0.346 e. The molecule has 0 amide bonds. The highest BCUT2D eigenvalue weighted by molar-refractivity contribution is 5.40. The van der Waals surface area contributed by atoms with Gasteiger partial charge >= 0.3 is 0 Å². The molecule has 3 rings (SSSR count). The Kier molecular flexibility index (Phi) is 3.41. The summed E-state index contributed by atoms with van der Waals surface area (Å²) in [4.78, 5) is 0. The number of benzene rings is 2. The first kappa shape index (κ1) is 12.3. The van der Waals surface area contributed by atoms with Crippen LogP contribution in [0.2, 0.25) is 0 Å². The molecule has 20 heavy (non-hydrogen) atoms. The van der Waals surface area contributed by atoms with E-state index in [1.54, 1.807) is 4.68 Å². The van der Waals surface area contributed by atoms with Crippen molar-refractivity contribution >= 4 is 5.95 Å². The van der Waals surface area contributed by atoms with Gasteiger partial charge in [0.25, 0.3) is 0 Å². The van der Waals surface area contributed by atoms with E-state index in [1.807, 2.05) is 48.5 Å². The van der Waals surface area contributed by atoms with Crippen LogP contribution in [0.15, 0.2) is 60.7 Å². The van der Waals surface area contributed by atoms with Crippen molar-refractivity contribution in [2.24, 2.45) is 0 Å². The monoisotopic (exact) mass is 265 g/mol. The highest BCUT2D eigenvalue weighted by Gasteiger charge is 2.11. The Hall–Kier alpha value is -2.69. The Labute approximate surface area is 117 Å². The largest absolute Gasteiger partial charge is 0.346 e. The third kappa shape index (κ3) is 2.51. The van der Waals surface area contributed by atoms with Gasteiger partial charge in [-0.3, -0.25) is 0 Å². The van der Waals surface area contributed by atoms with Crippen LogP contribution in [0, 0.1) is 0 Å². The van der Waals surface area contributed by atoms with Crippen molar-refractivity contribution in [1.82, 2.24) is 20.2 Å². The number of nitrogens with one attached hydrogen (secondary N) is 1. The maximum Gasteiger partial charge on any atom is 0.248 e. The summed E-state index contributed by atoms with van der Waals surface area (Å²) in [6, 6.07) is 20.2. The van der Waals surface area contributed by atoms with Crippen molar-refractivity contribution in [3.05, 3.63) is 66.2 Å². The molecule has 0 aliphatic heterocycles. The van der Waals surface area contributed by atoms with Crippen molar-refractivity contribution in [3.8, 4) is 5.69 Å². The molecule has 1 atom stereocenters. The molecule has 1 heterocycles. The van der Waals surface area contributed by atoms with Gasteiger partial charge < -0.3 is 5.32 Å². The fourth-order valence-electron chi connectivity index (χ4n) is 2.04. The number of hydrogen-bond acceptors (Lipinski definition) is 4. The molecule has 3 aromatic rings. The van der Waals surface area contributed by atoms with E-state index in [-0.39, 0.29) is 6.04 Å². The van der Waals surface area contributed by atoms with Crippen molar-refractivity contribution in [2.75, 3.05) is 5.32 Å². The normalized spacial score (nSPS) is 12.1. The highest BCUT2D eigenvalue weighted by Crippen LogP contribution is 2.18. The van der Waals surface area contributed by atoms with Crippen LogP contribution in [0.1, 0.15) is 18.5 Å². The molecule has 5 heteroatoms. The SMILES string of the molecule is CC(Nc1nnnn1-c1ccccc1)c1ccccc1. The van der Waals surface area contributed by atoms with E-state index in [0.717, 1.165) is 5.69 Å². The zero-order valence-corrected chi connectivity index (χ0v) is 11.1. The molecule has 0 radical (unpaired) electrons. The van der Waals surface area contributed by atoms with Gasteiger partial charge in [-0.2, -0.15) is 4.68 Å². The fraction of sp³-hybridized carbons (Fsp3) is 0.133. The number of rotatable bonds is 4. The summed E-state index contributed by atoms with van der Waals surface area (Å²) >= 11 is 0. The number of tetrazole rings is 1. The van der Waals surface area contributed by atoms with E-state index >= 15 is 0 Å². The molecular weight excluding hydrogens is 250 g/mol.